The number of benzene rings is 1. The van der Waals surface area contributed by atoms with Gasteiger partial charge in [-0.25, -0.2) is 4.98 Å². The fraction of sp³-hybridized carbons (Fsp3) is 0.182. The van der Waals surface area contributed by atoms with Crippen molar-refractivity contribution in [1.82, 2.24) is 4.98 Å². The average molecular weight is 188 g/mol. The minimum Gasteiger partial charge on any atom is -0.451 e. The Bertz CT molecular complexity index is 395. The molecule has 2 rings (SSSR count). The number of aromatic nitrogens is 1. The standard InChI is InChI=1S/C11H12N2O/c12-6-5-9-3-1-2-4-10(9)11-7-14-8-13-11/h1-4,7-8H,5-6,12H2. The largest absolute Gasteiger partial charge is 0.451 e. The highest BCUT2D eigenvalue weighted by atomic mass is 16.3. The molecule has 0 fully saturated rings. The van der Waals surface area contributed by atoms with Gasteiger partial charge < -0.3 is 10.2 Å². The van der Waals surface area contributed by atoms with E-state index >= 15 is 0 Å². The van der Waals surface area contributed by atoms with Gasteiger partial charge in [0.05, 0.1) is 0 Å². The topological polar surface area (TPSA) is 52.0 Å². The summed E-state index contributed by atoms with van der Waals surface area (Å²) in [5.74, 6) is 0. The van der Waals surface area contributed by atoms with Gasteiger partial charge in [-0.1, -0.05) is 24.3 Å². The van der Waals surface area contributed by atoms with E-state index in [1.54, 1.807) is 6.26 Å². The lowest BCUT2D eigenvalue weighted by molar-refractivity contribution is 0.558. The Labute approximate surface area is 82.6 Å². The zero-order chi connectivity index (χ0) is 9.80. The zero-order valence-electron chi connectivity index (χ0n) is 7.81. The van der Waals surface area contributed by atoms with Crippen LogP contribution in [0.15, 0.2) is 41.3 Å². The minimum absolute atomic E-state index is 0.648. The van der Waals surface area contributed by atoms with Gasteiger partial charge in [0.25, 0.3) is 0 Å². The molecule has 0 aliphatic heterocycles. The molecule has 0 saturated carbocycles. The molecule has 3 nitrogen and oxygen atoms in total. The van der Waals surface area contributed by atoms with Crippen LogP contribution in [-0.2, 0) is 6.42 Å². The third-order valence-electron chi connectivity index (χ3n) is 2.14. The first-order chi connectivity index (χ1) is 6.92. The maximum atomic E-state index is 5.54. The molecular weight excluding hydrogens is 176 g/mol. The molecule has 0 atom stereocenters. The Morgan fingerprint density at radius 1 is 1.29 bits per heavy atom. The van der Waals surface area contributed by atoms with Gasteiger partial charge in [0.15, 0.2) is 6.39 Å². The highest BCUT2D eigenvalue weighted by Gasteiger charge is 2.05. The van der Waals surface area contributed by atoms with Gasteiger partial charge in [-0.3, -0.25) is 0 Å². The number of oxazole rings is 1. The van der Waals surface area contributed by atoms with Gasteiger partial charge in [0, 0.05) is 5.56 Å². The Hall–Kier alpha value is -1.61. The third-order valence-corrected chi connectivity index (χ3v) is 2.14. The Morgan fingerprint density at radius 3 is 2.86 bits per heavy atom. The van der Waals surface area contributed by atoms with Crippen molar-refractivity contribution in [2.24, 2.45) is 5.73 Å². The molecular formula is C11H12N2O. The quantitative estimate of drug-likeness (QED) is 0.799. The molecule has 3 heteroatoms. The lowest BCUT2D eigenvalue weighted by Gasteiger charge is -2.04. The van der Waals surface area contributed by atoms with E-state index in [-0.39, 0.29) is 0 Å². The summed E-state index contributed by atoms with van der Waals surface area (Å²) in [4.78, 5) is 4.12. The van der Waals surface area contributed by atoms with Crippen LogP contribution in [0, 0.1) is 0 Å². The van der Waals surface area contributed by atoms with Crippen LogP contribution in [0.4, 0.5) is 0 Å². The van der Waals surface area contributed by atoms with Gasteiger partial charge >= 0.3 is 0 Å². The summed E-state index contributed by atoms with van der Waals surface area (Å²) in [7, 11) is 0. The number of hydrogen-bond acceptors (Lipinski definition) is 3. The Kier molecular flexibility index (Phi) is 2.60. The van der Waals surface area contributed by atoms with Crippen LogP contribution in [0.2, 0.25) is 0 Å². The summed E-state index contributed by atoms with van der Waals surface area (Å²) in [6, 6.07) is 8.10. The van der Waals surface area contributed by atoms with Gasteiger partial charge in [-0.05, 0) is 18.5 Å². The van der Waals surface area contributed by atoms with Gasteiger partial charge in [0.2, 0.25) is 0 Å². The second kappa shape index (κ2) is 4.07. The highest BCUT2D eigenvalue weighted by Crippen LogP contribution is 2.21. The van der Waals surface area contributed by atoms with E-state index in [1.807, 2.05) is 18.2 Å². The first kappa shape index (κ1) is 8.97. The van der Waals surface area contributed by atoms with E-state index < -0.39 is 0 Å². The van der Waals surface area contributed by atoms with Crippen molar-refractivity contribution in [3.8, 4) is 11.3 Å². The van der Waals surface area contributed by atoms with Crippen molar-refractivity contribution in [2.45, 2.75) is 6.42 Å². The molecule has 0 spiro atoms. The molecule has 2 aromatic rings. The molecule has 0 aliphatic carbocycles. The van der Waals surface area contributed by atoms with E-state index in [0.29, 0.717) is 6.54 Å². The summed E-state index contributed by atoms with van der Waals surface area (Å²) in [6.07, 6.45) is 3.95. The summed E-state index contributed by atoms with van der Waals surface area (Å²) >= 11 is 0. The second-order valence-electron chi connectivity index (χ2n) is 3.07. The maximum Gasteiger partial charge on any atom is 0.181 e. The maximum absolute atomic E-state index is 5.54. The van der Waals surface area contributed by atoms with Crippen molar-refractivity contribution in [1.29, 1.82) is 0 Å². The van der Waals surface area contributed by atoms with Crippen LogP contribution in [0.3, 0.4) is 0 Å². The minimum atomic E-state index is 0.648. The van der Waals surface area contributed by atoms with E-state index in [0.717, 1.165) is 17.7 Å². The lowest BCUT2D eigenvalue weighted by Crippen LogP contribution is -2.03. The van der Waals surface area contributed by atoms with E-state index in [4.69, 9.17) is 10.2 Å². The number of rotatable bonds is 3. The van der Waals surface area contributed by atoms with Gasteiger partial charge in [-0.2, -0.15) is 0 Å². The lowest BCUT2D eigenvalue weighted by atomic mass is 10.0. The van der Waals surface area contributed by atoms with Crippen molar-refractivity contribution in [3.63, 3.8) is 0 Å². The van der Waals surface area contributed by atoms with Crippen molar-refractivity contribution >= 4 is 0 Å². The molecule has 0 bridgehead atoms. The monoisotopic (exact) mass is 188 g/mol. The smallest absolute Gasteiger partial charge is 0.181 e. The predicted molar refractivity (Wildman–Crippen MR) is 54.7 cm³/mol. The summed E-state index contributed by atoms with van der Waals surface area (Å²) in [5.41, 5.74) is 8.72. The molecule has 0 amide bonds. The first-order valence-corrected chi connectivity index (χ1v) is 4.58. The van der Waals surface area contributed by atoms with Crippen LogP contribution < -0.4 is 5.73 Å². The second-order valence-corrected chi connectivity index (χ2v) is 3.07. The van der Waals surface area contributed by atoms with Crippen molar-refractivity contribution < 1.29 is 4.42 Å². The zero-order valence-corrected chi connectivity index (χ0v) is 7.81. The summed E-state index contributed by atoms with van der Waals surface area (Å²) in [6.45, 7) is 0.648. The van der Waals surface area contributed by atoms with E-state index in [2.05, 4.69) is 11.1 Å². The molecule has 14 heavy (non-hydrogen) atoms. The van der Waals surface area contributed by atoms with Gasteiger partial charge in [-0.15, -0.1) is 0 Å². The first-order valence-electron chi connectivity index (χ1n) is 4.58. The summed E-state index contributed by atoms with van der Waals surface area (Å²) in [5, 5.41) is 0. The molecule has 0 radical (unpaired) electrons. The van der Waals surface area contributed by atoms with Crippen LogP contribution >= 0.6 is 0 Å². The van der Waals surface area contributed by atoms with Crippen LogP contribution in [0.1, 0.15) is 5.56 Å². The highest BCUT2D eigenvalue weighted by molar-refractivity contribution is 5.62. The molecule has 72 valence electrons. The van der Waals surface area contributed by atoms with Crippen molar-refractivity contribution in [3.05, 3.63) is 42.5 Å². The number of nitrogens with two attached hydrogens (primary N) is 1. The molecule has 0 aliphatic rings. The molecule has 1 aromatic heterocycles. The Balaban J connectivity index is 2.42. The predicted octanol–water partition coefficient (Wildman–Crippen LogP) is 1.84. The average Bonchev–Trinajstić information content (AvgIpc) is 2.72. The molecule has 0 unspecified atom stereocenters. The molecule has 1 heterocycles. The number of hydrogen-bond donors (Lipinski definition) is 1. The van der Waals surface area contributed by atoms with Crippen molar-refractivity contribution in [2.75, 3.05) is 6.54 Å². The third kappa shape index (κ3) is 1.67. The Morgan fingerprint density at radius 2 is 2.14 bits per heavy atom. The fourth-order valence-corrected chi connectivity index (χ4v) is 1.49. The SMILES string of the molecule is NCCc1ccccc1-c1cocn1. The number of nitrogens with zero attached hydrogens (tertiary/aromatic N) is 1. The van der Waals surface area contributed by atoms with Crippen LogP contribution in [0.5, 0.6) is 0 Å². The fourth-order valence-electron chi connectivity index (χ4n) is 1.49. The van der Waals surface area contributed by atoms with E-state index in [9.17, 15) is 0 Å². The normalized spacial score (nSPS) is 10.4. The molecule has 0 saturated heterocycles. The van der Waals surface area contributed by atoms with Crippen LogP contribution in [-0.4, -0.2) is 11.5 Å². The van der Waals surface area contributed by atoms with Crippen LogP contribution in [0.25, 0.3) is 11.3 Å². The molecule has 2 N–H and O–H groups in total. The summed E-state index contributed by atoms with van der Waals surface area (Å²) < 4.78 is 4.96. The molecule has 1 aromatic carbocycles. The van der Waals surface area contributed by atoms with E-state index in [1.165, 1.54) is 12.0 Å². The van der Waals surface area contributed by atoms with Gasteiger partial charge in [0.1, 0.15) is 12.0 Å².